The van der Waals surface area contributed by atoms with Crippen molar-refractivity contribution < 1.29 is 17.9 Å². The molecule has 0 radical (unpaired) electrons. The minimum absolute atomic E-state index is 0.00419. The van der Waals surface area contributed by atoms with Crippen LogP contribution in [-0.2, 0) is 14.8 Å². The molecule has 0 saturated heterocycles. The standard InChI is InChI=1S/C20H18N8O4S/c1-14-10-11-21-20(23-14)25-33(30,31)18-8-2-15(3-9-18)24-19(29)12-32-17-6-4-16(5-7-17)28-13-22-26-27-28/h2-11,13H,12H2,1H3,(H,24,29)(H,21,23,25). The first-order valence-electron chi connectivity index (χ1n) is 9.58. The van der Waals surface area contributed by atoms with Crippen molar-refractivity contribution >= 4 is 27.6 Å². The van der Waals surface area contributed by atoms with Gasteiger partial charge in [-0.1, -0.05) is 0 Å². The molecule has 0 atom stereocenters. The Bertz CT molecular complexity index is 1340. The predicted octanol–water partition coefficient (Wildman–Crippen LogP) is 1.58. The number of nitrogens with zero attached hydrogens (tertiary/aromatic N) is 6. The minimum Gasteiger partial charge on any atom is -0.484 e. The number of rotatable bonds is 8. The molecule has 168 valence electrons. The average Bonchev–Trinajstić information content (AvgIpc) is 3.33. The lowest BCUT2D eigenvalue weighted by molar-refractivity contribution is -0.118. The van der Waals surface area contributed by atoms with Crippen molar-refractivity contribution in [1.29, 1.82) is 0 Å². The molecule has 33 heavy (non-hydrogen) atoms. The van der Waals surface area contributed by atoms with Crippen molar-refractivity contribution in [2.75, 3.05) is 16.6 Å². The lowest BCUT2D eigenvalue weighted by atomic mass is 10.3. The maximum atomic E-state index is 12.5. The fourth-order valence-corrected chi connectivity index (χ4v) is 3.67. The summed E-state index contributed by atoms with van der Waals surface area (Å²) < 4.78 is 34.3. The van der Waals surface area contributed by atoms with Crippen LogP contribution in [-0.4, -0.2) is 51.1 Å². The SMILES string of the molecule is Cc1ccnc(NS(=O)(=O)c2ccc(NC(=O)COc3ccc(-n4cnnn4)cc3)cc2)n1. The van der Waals surface area contributed by atoms with E-state index >= 15 is 0 Å². The van der Waals surface area contributed by atoms with Gasteiger partial charge in [-0.25, -0.2) is 27.8 Å². The molecule has 0 spiro atoms. The Labute approximate surface area is 188 Å². The molecule has 0 aliphatic heterocycles. The van der Waals surface area contributed by atoms with Crippen molar-refractivity contribution in [3.8, 4) is 11.4 Å². The van der Waals surface area contributed by atoms with Crippen LogP contribution in [0.3, 0.4) is 0 Å². The van der Waals surface area contributed by atoms with Gasteiger partial charge in [-0.15, -0.1) is 5.10 Å². The number of carbonyl (C=O) groups excluding carboxylic acids is 1. The highest BCUT2D eigenvalue weighted by molar-refractivity contribution is 7.92. The topological polar surface area (TPSA) is 154 Å². The van der Waals surface area contributed by atoms with E-state index < -0.39 is 15.9 Å². The van der Waals surface area contributed by atoms with E-state index in [1.165, 1.54) is 41.5 Å². The molecule has 0 aliphatic rings. The predicted molar refractivity (Wildman–Crippen MR) is 117 cm³/mol. The monoisotopic (exact) mass is 466 g/mol. The minimum atomic E-state index is -3.87. The number of sulfonamides is 1. The van der Waals surface area contributed by atoms with E-state index in [1.807, 2.05) is 0 Å². The number of hydrogen-bond donors (Lipinski definition) is 2. The van der Waals surface area contributed by atoms with Crippen molar-refractivity contribution in [2.24, 2.45) is 0 Å². The molecule has 2 aromatic heterocycles. The maximum Gasteiger partial charge on any atom is 0.264 e. The van der Waals surface area contributed by atoms with Crippen molar-refractivity contribution in [3.63, 3.8) is 0 Å². The molecule has 0 fully saturated rings. The fraction of sp³-hybridized carbons (Fsp3) is 0.100. The fourth-order valence-electron chi connectivity index (χ4n) is 2.72. The Morgan fingerprint density at radius 2 is 1.82 bits per heavy atom. The summed E-state index contributed by atoms with van der Waals surface area (Å²) >= 11 is 0. The third kappa shape index (κ3) is 5.65. The van der Waals surface area contributed by atoms with Crippen molar-refractivity contribution in [1.82, 2.24) is 30.2 Å². The normalized spacial score (nSPS) is 11.1. The molecular formula is C20H18N8O4S. The van der Waals surface area contributed by atoms with E-state index in [2.05, 4.69) is 35.5 Å². The van der Waals surface area contributed by atoms with E-state index in [1.54, 1.807) is 37.3 Å². The Hall–Kier alpha value is -4.39. The third-order valence-corrected chi connectivity index (χ3v) is 5.63. The van der Waals surface area contributed by atoms with Gasteiger partial charge in [0.1, 0.15) is 12.1 Å². The zero-order valence-electron chi connectivity index (χ0n) is 17.3. The summed E-state index contributed by atoms with van der Waals surface area (Å²) in [5.74, 6) is 0.0739. The van der Waals surface area contributed by atoms with Crippen LogP contribution in [0, 0.1) is 6.92 Å². The summed E-state index contributed by atoms with van der Waals surface area (Å²) in [6.07, 6.45) is 2.93. The Morgan fingerprint density at radius 3 is 2.48 bits per heavy atom. The van der Waals surface area contributed by atoms with Gasteiger partial charge in [0.15, 0.2) is 6.61 Å². The molecule has 0 bridgehead atoms. The van der Waals surface area contributed by atoms with E-state index in [9.17, 15) is 13.2 Å². The van der Waals surface area contributed by atoms with E-state index in [4.69, 9.17) is 4.74 Å². The Morgan fingerprint density at radius 1 is 1.06 bits per heavy atom. The molecule has 0 unspecified atom stereocenters. The number of amides is 1. The molecule has 2 N–H and O–H groups in total. The average molecular weight is 466 g/mol. The molecule has 2 aromatic carbocycles. The highest BCUT2D eigenvalue weighted by atomic mass is 32.2. The number of tetrazole rings is 1. The van der Waals surface area contributed by atoms with Crippen LogP contribution < -0.4 is 14.8 Å². The van der Waals surface area contributed by atoms with Crippen molar-refractivity contribution in [2.45, 2.75) is 11.8 Å². The number of ether oxygens (including phenoxy) is 1. The van der Waals surface area contributed by atoms with Crippen LogP contribution in [0.15, 0.2) is 72.0 Å². The number of aryl methyl sites for hydroxylation is 1. The van der Waals surface area contributed by atoms with E-state index in [0.717, 1.165) is 5.69 Å². The zero-order chi connectivity index (χ0) is 23.3. The summed E-state index contributed by atoms with van der Waals surface area (Å²) in [5.41, 5.74) is 1.80. The molecule has 4 aromatic rings. The summed E-state index contributed by atoms with van der Waals surface area (Å²) in [5, 5.41) is 13.6. The van der Waals surface area contributed by atoms with Gasteiger partial charge < -0.3 is 10.1 Å². The van der Waals surface area contributed by atoms with Gasteiger partial charge in [-0.2, -0.15) is 0 Å². The quantitative estimate of drug-likeness (QED) is 0.394. The second-order valence-corrected chi connectivity index (χ2v) is 8.42. The number of anilines is 2. The van der Waals surface area contributed by atoms with Crippen molar-refractivity contribution in [3.05, 3.63) is 72.8 Å². The molecule has 12 nitrogen and oxygen atoms in total. The lowest BCUT2D eigenvalue weighted by Gasteiger charge is -2.10. The van der Waals surface area contributed by atoms with Gasteiger partial charge in [0.2, 0.25) is 5.95 Å². The highest BCUT2D eigenvalue weighted by Gasteiger charge is 2.16. The molecule has 0 aliphatic carbocycles. The molecule has 0 saturated carbocycles. The smallest absolute Gasteiger partial charge is 0.264 e. The summed E-state index contributed by atoms with van der Waals surface area (Å²) in [7, 11) is -3.87. The third-order valence-electron chi connectivity index (χ3n) is 4.29. The van der Waals surface area contributed by atoms with E-state index in [0.29, 0.717) is 17.1 Å². The number of carbonyl (C=O) groups is 1. The first kappa shape index (κ1) is 21.8. The van der Waals surface area contributed by atoms with Gasteiger partial charge >= 0.3 is 0 Å². The Kier molecular flexibility index (Phi) is 6.22. The van der Waals surface area contributed by atoms with Gasteiger partial charge in [-0.3, -0.25) is 4.79 Å². The highest BCUT2D eigenvalue weighted by Crippen LogP contribution is 2.17. The van der Waals surface area contributed by atoms with Gasteiger partial charge in [-0.05, 0) is 71.9 Å². The van der Waals surface area contributed by atoms with Crippen LogP contribution >= 0.6 is 0 Å². The van der Waals surface area contributed by atoms with Crippen LogP contribution in [0.4, 0.5) is 11.6 Å². The molecule has 4 rings (SSSR count). The summed E-state index contributed by atoms with van der Waals surface area (Å²) in [6.45, 7) is 1.50. The largest absolute Gasteiger partial charge is 0.484 e. The van der Waals surface area contributed by atoms with Crippen LogP contribution in [0.2, 0.25) is 0 Å². The first-order chi connectivity index (χ1) is 15.9. The lowest BCUT2D eigenvalue weighted by Crippen LogP contribution is -2.20. The molecule has 2 heterocycles. The molecule has 1 amide bonds. The second-order valence-electron chi connectivity index (χ2n) is 6.74. The van der Waals surface area contributed by atoms with Crippen LogP contribution in [0.25, 0.3) is 5.69 Å². The second kappa shape index (κ2) is 9.40. The maximum absolute atomic E-state index is 12.5. The van der Waals surface area contributed by atoms with Gasteiger partial charge in [0, 0.05) is 17.6 Å². The molecule has 13 heteroatoms. The van der Waals surface area contributed by atoms with Gasteiger partial charge in [0.05, 0.1) is 10.6 Å². The number of nitrogens with one attached hydrogen (secondary N) is 2. The van der Waals surface area contributed by atoms with E-state index in [-0.39, 0.29) is 17.5 Å². The summed E-state index contributed by atoms with van der Waals surface area (Å²) in [4.78, 5) is 20.1. The first-order valence-corrected chi connectivity index (χ1v) is 11.1. The molecular weight excluding hydrogens is 448 g/mol. The zero-order valence-corrected chi connectivity index (χ0v) is 18.1. The van der Waals surface area contributed by atoms with Crippen LogP contribution in [0.1, 0.15) is 5.69 Å². The number of hydrogen-bond acceptors (Lipinski definition) is 9. The van der Waals surface area contributed by atoms with Gasteiger partial charge in [0.25, 0.3) is 15.9 Å². The number of aromatic nitrogens is 6. The summed E-state index contributed by atoms with van der Waals surface area (Å²) in [6, 6.07) is 14.2. The Balaban J connectivity index is 1.31. The number of benzene rings is 2. The van der Waals surface area contributed by atoms with Crippen LogP contribution in [0.5, 0.6) is 5.75 Å².